The Hall–Kier alpha value is -2.52. The van der Waals surface area contributed by atoms with Gasteiger partial charge in [0.15, 0.2) is 0 Å². The van der Waals surface area contributed by atoms with E-state index in [9.17, 15) is 29.0 Å². The van der Waals surface area contributed by atoms with Crippen LogP contribution >= 0.6 is 10.2 Å². The first-order valence-electron chi connectivity index (χ1n) is 9.47. The van der Waals surface area contributed by atoms with Crippen LogP contribution in [-0.4, -0.2) is 31.6 Å². The van der Waals surface area contributed by atoms with E-state index in [1.807, 2.05) is 0 Å². The van der Waals surface area contributed by atoms with Crippen LogP contribution < -0.4 is 9.81 Å². The predicted octanol–water partition coefficient (Wildman–Crippen LogP) is 4.89. The van der Waals surface area contributed by atoms with Crippen LogP contribution in [0, 0.1) is 0 Å². The van der Waals surface area contributed by atoms with Crippen molar-refractivity contribution in [3.05, 3.63) is 84.9 Å². The van der Waals surface area contributed by atoms with Gasteiger partial charge >= 0.3 is 190 Å². The standard InChI is InChI=1S/C6H4F5S.2C6H5.2C2H4O2.Bi/c7-12(8,9,10,11)6-4-2-1-3-5-6;2*1-2-4-6-5-3-1;2*1-2(3)4;/h2-5H;2*1-5H;2*1H3,(H,3,4);/q;;;;;+2/p-2. The van der Waals surface area contributed by atoms with Crippen molar-refractivity contribution in [3.8, 4) is 0 Å². The van der Waals surface area contributed by atoms with Crippen LogP contribution in [0.4, 0.5) is 19.4 Å². The molecule has 0 saturated heterocycles. The van der Waals surface area contributed by atoms with E-state index in [-0.39, 0.29) is 21.9 Å². The normalized spacial score (nSPS) is 15.3. The van der Waals surface area contributed by atoms with Crippen molar-refractivity contribution in [3.63, 3.8) is 0 Å². The molecule has 178 valence electrons. The fourth-order valence-corrected chi connectivity index (χ4v) is 22.4. The van der Waals surface area contributed by atoms with Gasteiger partial charge in [0.25, 0.3) is 0 Å². The van der Waals surface area contributed by atoms with E-state index in [0.717, 1.165) is 26.0 Å². The summed E-state index contributed by atoms with van der Waals surface area (Å²) in [5, 5.41) is 0. The molecular weight excluding hydrogens is 664 g/mol. The molecule has 11 heteroatoms. The van der Waals surface area contributed by atoms with E-state index in [1.165, 1.54) is 24.3 Å². The molecule has 0 spiro atoms. The summed E-state index contributed by atoms with van der Waals surface area (Å²) >= 11 is -6.39. The van der Waals surface area contributed by atoms with Crippen LogP contribution in [0.5, 0.6) is 0 Å². The SMILES string of the molecule is CC(=O)[O][Bi]([O]C(C)=O)([c]1ccccc1)([c]1ccccc1)[c]1ccc(S(F)(F)(F)(F)F)cc1. The number of rotatable bonds is 6. The first kappa shape index (κ1) is 25.1. The van der Waals surface area contributed by atoms with E-state index in [0.29, 0.717) is 0 Å². The molecule has 0 N–H and O–H groups in total. The van der Waals surface area contributed by atoms with Gasteiger partial charge in [0.05, 0.1) is 0 Å². The van der Waals surface area contributed by atoms with Crippen LogP contribution in [0.25, 0.3) is 0 Å². The molecule has 33 heavy (non-hydrogen) atoms. The second kappa shape index (κ2) is 7.50. The molecule has 3 aromatic rings. The van der Waals surface area contributed by atoms with Gasteiger partial charge in [-0.05, 0) is 0 Å². The van der Waals surface area contributed by atoms with Gasteiger partial charge in [0, 0.05) is 0 Å². The number of hydrogen-bond donors (Lipinski definition) is 0. The summed E-state index contributed by atoms with van der Waals surface area (Å²) < 4.78 is 79.2. The topological polar surface area (TPSA) is 52.6 Å². The van der Waals surface area contributed by atoms with Gasteiger partial charge < -0.3 is 0 Å². The van der Waals surface area contributed by atoms with Crippen LogP contribution in [0.3, 0.4) is 0 Å². The van der Waals surface area contributed by atoms with E-state index in [2.05, 4.69) is 0 Å². The second-order valence-electron chi connectivity index (χ2n) is 7.26. The third-order valence-electron chi connectivity index (χ3n) is 4.81. The summed E-state index contributed by atoms with van der Waals surface area (Å²) in [4.78, 5) is 22.8. The molecule has 0 amide bonds. The Bertz CT molecular complexity index is 1140. The van der Waals surface area contributed by atoms with Crippen LogP contribution in [0.15, 0.2) is 89.8 Å². The molecule has 0 saturated carbocycles. The van der Waals surface area contributed by atoms with Gasteiger partial charge in [0.1, 0.15) is 0 Å². The Morgan fingerprint density at radius 1 is 0.606 bits per heavy atom. The number of carbonyl (C=O) groups excluding carboxylic acids is 2. The first-order chi connectivity index (χ1) is 15.1. The summed E-state index contributed by atoms with van der Waals surface area (Å²) in [6, 6.07) is 17.8. The van der Waals surface area contributed by atoms with Gasteiger partial charge in [-0.15, -0.1) is 0 Å². The Kier molecular flexibility index (Phi) is 5.71. The first-order valence-corrected chi connectivity index (χ1v) is 19.5. The van der Waals surface area contributed by atoms with Crippen molar-refractivity contribution in [2.75, 3.05) is 0 Å². The van der Waals surface area contributed by atoms with Crippen LogP contribution in [0.1, 0.15) is 13.8 Å². The summed E-state index contributed by atoms with van der Waals surface area (Å²) in [7, 11) is -9.97. The zero-order valence-corrected chi connectivity index (χ0v) is 21.8. The zero-order valence-electron chi connectivity index (χ0n) is 17.5. The number of benzene rings is 3. The molecule has 0 bridgehead atoms. The van der Waals surface area contributed by atoms with Crippen molar-refractivity contribution < 1.29 is 34.6 Å². The second-order valence-corrected chi connectivity index (χ2v) is 24.6. The third-order valence-corrected chi connectivity index (χ3v) is 25.1. The Balaban J connectivity index is 2.53. The minimum atomic E-state index is -9.97. The number of halogens is 5. The van der Waals surface area contributed by atoms with Crippen molar-refractivity contribution in [1.29, 1.82) is 0 Å². The van der Waals surface area contributed by atoms with Crippen molar-refractivity contribution in [2.45, 2.75) is 18.7 Å². The third kappa shape index (κ3) is 4.61. The van der Waals surface area contributed by atoms with E-state index in [4.69, 9.17) is 5.63 Å². The Morgan fingerprint density at radius 3 is 1.24 bits per heavy atom. The molecule has 3 rings (SSSR count). The molecule has 0 fully saturated rings. The summed E-state index contributed by atoms with van der Waals surface area (Å²) in [6.45, 7) is 2.15. The van der Waals surface area contributed by atoms with Crippen molar-refractivity contribution >= 4 is 51.6 Å². The molecule has 0 aromatic heterocycles. The Morgan fingerprint density at radius 2 is 0.939 bits per heavy atom. The average molecular weight is 684 g/mol. The van der Waals surface area contributed by atoms with Gasteiger partial charge in [-0.2, -0.15) is 0 Å². The predicted molar refractivity (Wildman–Crippen MR) is 119 cm³/mol. The molecule has 3 aromatic carbocycles. The maximum atomic E-state index is 13.4. The van der Waals surface area contributed by atoms with Gasteiger partial charge in [-0.3, -0.25) is 0 Å². The fourth-order valence-electron chi connectivity index (χ4n) is 3.64. The molecule has 0 aliphatic rings. The molecular formula is C22H20BiF5O4S. The minimum absolute atomic E-state index is 0.0885. The fraction of sp³-hybridized carbons (Fsp3) is 0.0909. The summed E-state index contributed by atoms with van der Waals surface area (Å²) in [5.41, 5.74) is 0. The van der Waals surface area contributed by atoms with E-state index in [1.54, 1.807) is 36.4 Å². The van der Waals surface area contributed by atoms with E-state index < -0.39 is 46.7 Å². The number of hydrogen-bond acceptors (Lipinski definition) is 4. The molecule has 0 aliphatic heterocycles. The van der Waals surface area contributed by atoms with E-state index >= 15 is 0 Å². The molecule has 0 unspecified atom stereocenters. The van der Waals surface area contributed by atoms with Crippen molar-refractivity contribution in [2.24, 2.45) is 0 Å². The zero-order chi connectivity index (χ0) is 24.6. The molecule has 0 atom stereocenters. The maximum absolute atomic E-state index is 13.4. The number of carbonyl (C=O) groups is 2. The van der Waals surface area contributed by atoms with Crippen LogP contribution in [0.2, 0.25) is 0 Å². The van der Waals surface area contributed by atoms with Gasteiger partial charge in [-0.1, -0.05) is 0 Å². The van der Waals surface area contributed by atoms with Gasteiger partial charge in [-0.25, -0.2) is 0 Å². The molecule has 0 radical (unpaired) electrons. The summed E-state index contributed by atoms with van der Waals surface area (Å²) in [6.07, 6.45) is 0. The van der Waals surface area contributed by atoms with Crippen LogP contribution in [-0.2, 0) is 15.2 Å². The summed E-state index contributed by atoms with van der Waals surface area (Å²) in [5.74, 6) is -1.71. The average Bonchev–Trinajstić information content (AvgIpc) is 2.72. The molecule has 4 nitrogen and oxygen atoms in total. The quantitative estimate of drug-likeness (QED) is 0.275. The molecule has 0 aliphatic carbocycles. The van der Waals surface area contributed by atoms with Crippen molar-refractivity contribution in [1.82, 2.24) is 0 Å². The Labute approximate surface area is 189 Å². The monoisotopic (exact) mass is 684 g/mol. The van der Waals surface area contributed by atoms with Gasteiger partial charge in [0.2, 0.25) is 0 Å². The molecule has 0 heterocycles.